The van der Waals surface area contributed by atoms with E-state index >= 15 is 0 Å². The Balaban J connectivity index is 2.49. The van der Waals surface area contributed by atoms with Crippen LogP contribution >= 0.6 is 24.0 Å². The molecular formula is C14H22N2S2. The van der Waals surface area contributed by atoms with E-state index in [0.29, 0.717) is 11.0 Å². The molecule has 0 unspecified atom stereocenters. The molecule has 4 heteroatoms. The van der Waals surface area contributed by atoms with Crippen molar-refractivity contribution in [3.05, 3.63) is 29.8 Å². The van der Waals surface area contributed by atoms with Gasteiger partial charge in [0, 0.05) is 12.2 Å². The van der Waals surface area contributed by atoms with Crippen LogP contribution in [-0.2, 0) is 0 Å². The highest BCUT2D eigenvalue weighted by atomic mass is 32.2. The lowest BCUT2D eigenvalue weighted by molar-refractivity contribution is 0.851. The minimum absolute atomic E-state index is 0.494. The van der Waals surface area contributed by atoms with Crippen LogP contribution in [0.3, 0.4) is 0 Å². The van der Waals surface area contributed by atoms with E-state index in [2.05, 4.69) is 48.9 Å². The van der Waals surface area contributed by atoms with Crippen LogP contribution in [0.15, 0.2) is 24.3 Å². The van der Waals surface area contributed by atoms with Crippen molar-refractivity contribution in [2.75, 3.05) is 23.9 Å². The van der Waals surface area contributed by atoms with Crippen LogP contribution in [0.2, 0.25) is 0 Å². The quantitative estimate of drug-likeness (QED) is 0.611. The minimum atomic E-state index is 0.494. The summed E-state index contributed by atoms with van der Waals surface area (Å²) in [4.78, 5) is 0. The van der Waals surface area contributed by atoms with Crippen LogP contribution in [0.25, 0.3) is 0 Å². The summed E-state index contributed by atoms with van der Waals surface area (Å²) in [5.41, 5.74) is 2.40. The van der Waals surface area contributed by atoms with Gasteiger partial charge in [0.05, 0.1) is 0 Å². The van der Waals surface area contributed by atoms with Crippen LogP contribution in [-0.4, -0.2) is 23.7 Å². The van der Waals surface area contributed by atoms with Crippen molar-refractivity contribution in [1.29, 1.82) is 0 Å². The van der Waals surface area contributed by atoms with Crippen molar-refractivity contribution in [3.8, 4) is 0 Å². The fraction of sp³-hybridized carbons (Fsp3) is 0.500. The maximum absolute atomic E-state index is 5.30. The standard InChI is InChI=1S/C14H22N2S2/c1-11(2)12-7-4-5-8-13(12)16-14(17)15-9-6-10-18-3/h4-5,7-8,11H,6,9-10H2,1-3H3,(H2,15,16,17). The van der Waals surface area contributed by atoms with Gasteiger partial charge in [-0.3, -0.25) is 0 Å². The van der Waals surface area contributed by atoms with Gasteiger partial charge in [0.15, 0.2) is 5.11 Å². The third kappa shape index (κ3) is 5.27. The predicted molar refractivity (Wildman–Crippen MR) is 87.8 cm³/mol. The highest BCUT2D eigenvalue weighted by Gasteiger charge is 2.06. The molecule has 1 aromatic carbocycles. The van der Waals surface area contributed by atoms with Crippen LogP contribution < -0.4 is 10.6 Å². The predicted octanol–water partition coefficient (Wildman–Crippen LogP) is 3.85. The molecule has 0 spiro atoms. The molecule has 1 rings (SSSR count). The smallest absolute Gasteiger partial charge is 0.170 e. The van der Waals surface area contributed by atoms with Gasteiger partial charge in [-0.2, -0.15) is 11.8 Å². The van der Waals surface area contributed by atoms with E-state index in [1.54, 1.807) is 0 Å². The number of anilines is 1. The molecule has 0 heterocycles. The molecule has 0 aliphatic carbocycles. The number of hydrogen-bond acceptors (Lipinski definition) is 2. The lowest BCUT2D eigenvalue weighted by atomic mass is 10.0. The Kier molecular flexibility index (Phi) is 7.13. The Bertz CT molecular complexity index is 378. The normalized spacial score (nSPS) is 10.4. The zero-order valence-electron chi connectivity index (χ0n) is 11.3. The second-order valence-electron chi connectivity index (χ2n) is 4.47. The second kappa shape index (κ2) is 8.38. The van der Waals surface area contributed by atoms with Gasteiger partial charge in [-0.05, 0) is 48.2 Å². The molecule has 2 nitrogen and oxygen atoms in total. The Morgan fingerprint density at radius 2 is 2.06 bits per heavy atom. The van der Waals surface area contributed by atoms with Crippen molar-refractivity contribution in [3.63, 3.8) is 0 Å². The molecule has 18 heavy (non-hydrogen) atoms. The van der Waals surface area contributed by atoms with Gasteiger partial charge in [-0.15, -0.1) is 0 Å². The third-order valence-corrected chi connectivity index (χ3v) is 3.59. The number of thiocarbonyl (C=S) groups is 1. The van der Waals surface area contributed by atoms with Gasteiger partial charge in [-0.1, -0.05) is 32.0 Å². The summed E-state index contributed by atoms with van der Waals surface area (Å²) in [5, 5.41) is 7.23. The molecule has 100 valence electrons. The van der Waals surface area contributed by atoms with Gasteiger partial charge >= 0.3 is 0 Å². The summed E-state index contributed by atoms with van der Waals surface area (Å²) in [6, 6.07) is 8.31. The molecule has 2 N–H and O–H groups in total. The lowest BCUT2D eigenvalue weighted by Gasteiger charge is -2.15. The lowest BCUT2D eigenvalue weighted by Crippen LogP contribution is -2.29. The molecular weight excluding hydrogens is 260 g/mol. The van der Waals surface area contributed by atoms with E-state index in [-0.39, 0.29) is 0 Å². The molecule has 0 saturated heterocycles. The fourth-order valence-corrected chi connectivity index (χ4v) is 2.34. The summed E-state index contributed by atoms with van der Waals surface area (Å²) >= 11 is 7.16. The van der Waals surface area contributed by atoms with E-state index in [9.17, 15) is 0 Å². The first-order valence-electron chi connectivity index (χ1n) is 6.28. The van der Waals surface area contributed by atoms with Crippen molar-refractivity contribution >= 4 is 34.8 Å². The van der Waals surface area contributed by atoms with Crippen LogP contribution in [0.4, 0.5) is 5.69 Å². The average molecular weight is 282 g/mol. The van der Waals surface area contributed by atoms with Gasteiger partial charge < -0.3 is 10.6 Å². The number of para-hydroxylation sites is 1. The van der Waals surface area contributed by atoms with E-state index in [1.807, 2.05) is 17.8 Å². The Labute approximate surface area is 120 Å². The van der Waals surface area contributed by atoms with E-state index in [4.69, 9.17) is 12.2 Å². The number of rotatable bonds is 6. The topological polar surface area (TPSA) is 24.1 Å². The largest absolute Gasteiger partial charge is 0.362 e. The first-order chi connectivity index (χ1) is 8.65. The Hall–Kier alpha value is -0.740. The summed E-state index contributed by atoms with van der Waals surface area (Å²) in [5.74, 6) is 1.66. The van der Waals surface area contributed by atoms with Gasteiger partial charge in [0.25, 0.3) is 0 Å². The first-order valence-corrected chi connectivity index (χ1v) is 8.08. The molecule has 1 aromatic rings. The monoisotopic (exact) mass is 282 g/mol. The zero-order chi connectivity index (χ0) is 13.4. The van der Waals surface area contributed by atoms with Crippen molar-refractivity contribution < 1.29 is 0 Å². The minimum Gasteiger partial charge on any atom is -0.362 e. The van der Waals surface area contributed by atoms with Crippen LogP contribution in [0, 0.1) is 0 Å². The zero-order valence-corrected chi connectivity index (χ0v) is 13.0. The molecule has 0 aromatic heterocycles. The van der Waals surface area contributed by atoms with E-state index in [0.717, 1.165) is 24.4 Å². The van der Waals surface area contributed by atoms with Crippen molar-refractivity contribution in [1.82, 2.24) is 5.32 Å². The highest BCUT2D eigenvalue weighted by Crippen LogP contribution is 2.23. The summed E-state index contributed by atoms with van der Waals surface area (Å²) < 4.78 is 0. The number of nitrogens with one attached hydrogen (secondary N) is 2. The van der Waals surface area contributed by atoms with Crippen LogP contribution in [0.1, 0.15) is 31.7 Å². The molecule has 0 bridgehead atoms. The van der Waals surface area contributed by atoms with E-state index < -0.39 is 0 Å². The van der Waals surface area contributed by atoms with Gasteiger partial charge in [-0.25, -0.2) is 0 Å². The molecule has 0 saturated carbocycles. The molecule has 0 radical (unpaired) electrons. The Morgan fingerprint density at radius 3 is 2.72 bits per heavy atom. The highest BCUT2D eigenvalue weighted by molar-refractivity contribution is 7.98. The van der Waals surface area contributed by atoms with Gasteiger partial charge in [0.1, 0.15) is 0 Å². The summed E-state index contributed by atoms with van der Waals surface area (Å²) in [6.07, 6.45) is 3.25. The van der Waals surface area contributed by atoms with Crippen molar-refractivity contribution in [2.24, 2.45) is 0 Å². The summed E-state index contributed by atoms with van der Waals surface area (Å²) in [7, 11) is 0. The second-order valence-corrected chi connectivity index (χ2v) is 5.86. The molecule has 0 fully saturated rings. The first kappa shape index (κ1) is 15.3. The summed E-state index contributed by atoms with van der Waals surface area (Å²) in [6.45, 7) is 5.31. The Morgan fingerprint density at radius 1 is 1.33 bits per heavy atom. The average Bonchev–Trinajstić information content (AvgIpc) is 2.35. The van der Waals surface area contributed by atoms with Gasteiger partial charge in [0.2, 0.25) is 0 Å². The number of benzene rings is 1. The molecule has 0 amide bonds. The molecule has 0 atom stereocenters. The molecule has 0 aliphatic rings. The van der Waals surface area contributed by atoms with Crippen molar-refractivity contribution in [2.45, 2.75) is 26.2 Å². The maximum atomic E-state index is 5.30. The SMILES string of the molecule is CSCCCNC(=S)Nc1ccccc1C(C)C. The number of hydrogen-bond donors (Lipinski definition) is 2. The number of thioether (sulfide) groups is 1. The van der Waals surface area contributed by atoms with E-state index in [1.165, 1.54) is 5.56 Å². The molecule has 0 aliphatic heterocycles. The van der Waals surface area contributed by atoms with Crippen LogP contribution in [0.5, 0.6) is 0 Å². The fourth-order valence-electron chi connectivity index (χ4n) is 1.70. The maximum Gasteiger partial charge on any atom is 0.170 e. The third-order valence-electron chi connectivity index (χ3n) is 2.64.